The minimum atomic E-state index is -0.733. The van der Waals surface area contributed by atoms with Gasteiger partial charge in [0.05, 0.1) is 0 Å². The van der Waals surface area contributed by atoms with Crippen molar-refractivity contribution in [1.29, 1.82) is 0 Å². The molecule has 1 atom stereocenters. The van der Waals surface area contributed by atoms with E-state index in [1.807, 2.05) is 31.3 Å². The molecule has 0 bridgehead atoms. The van der Waals surface area contributed by atoms with Gasteiger partial charge in [-0.1, -0.05) is 30.7 Å². The molecule has 0 saturated heterocycles. The average molecular weight is 270 g/mol. The zero-order valence-corrected chi connectivity index (χ0v) is 11.7. The number of aliphatic carboxylic acids is 1. The van der Waals surface area contributed by atoms with Gasteiger partial charge in [-0.2, -0.15) is 0 Å². The van der Waals surface area contributed by atoms with Gasteiger partial charge in [-0.05, 0) is 44.1 Å². The number of hydrogen-bond donors (Lipinski definition) is 1. The summed E-state index contributed by atoms with van der Waals surface area (Å²) in [6.45, 7) is 2.92. The quantitative estimate of drug-likeness (QED) is 0.822. The first-order valence-electron chi connectivity index (χ1n) is 6.22. The van der Waals surface area contributed by atoms with Gasteiger partial charge in [0.25, 0.3) is 0 Å². The lowest BCUT2D eigenvalue weighted by Crippen LogP contribution is -2.25. The third kappa shape index (κ3) is 4.67. The average Bonchev–Trinajstić information content (AvgIpc) is 2.32. The van der Waals surface area contributed by atoms with Gasteiger partial charge in [-0.3, -0.25) is 9.69 Å². The highest BCUT2D eigenvalue weighted by Gasteiger charge is 2.14. The molecule has 3 nitrogen and oxygen atoms in total. The first-order valence-corrected chi connectivity index (χ1v) is 6.60. The molecule has 1 unspecified atom stereocenters. The van der Waals surface area contributed by atoms with Crippen molar-refractivity contribution in [2.75, 3.05) is 13.6 Å². The summed E-state index contributed by atoms with van der Waals surface area (Å²) in [5.41, 5.74) is 1.22. The highest BCUT2D eigenvalue weighted by molar-refractivity contribution is 6.30. The smallest absolute Gasteiger partial charge is 0.303 e. The molecule has 0 aromatic heterocycles. The van der Waals surface area contributed by atoms with E-state index in [-0.39, 0.29) is 6.42 Å². The van der Waals surface area contributed by atoms with Crippen LogP contribution in [0.3, 0.4) is 0 Å². The van der Waals surface area contributed by atoms with Crippen molar-refractivity contribution in [3.05, 3.63) is 34.9 Å². The molecule has 1 aromatic carbocycles. The van der Waals surface area contributed by atoms with Gasteiger partial charge < -0.3 is 5.11 Å². The molecule has 0 aliphatic heterocycles. The Balaban J connectivity index is 2.59. The van der Waals surface area contributed by atoms with Gasteiger partial charge in [-0.15, -0.1) is 0 Å². The normalized spacial score (nSPS) is 12.7. The summed E-state index contributed by atoms with van der Waals surface area (Å²) in [5, 5.41) is 9.37. The fraction of sp³-hybridized carbons (Fsp3) is 0.500. The maximum absolute atomic E-state index is 10.5. The molecule has 0 aliphatic carbocycles. The highest BCUT2D eigenvalue weighted by Crippen LogP contribution is 2.24. The first kappa shape index (κ1) is 15.0. The number of benzene rings is 1. The number of carboxylic acids is 1. The third-order valence-electron chi connectivity index (χ3n) is 3.07. The molecule has 0 saturated carbocycles. The minimum absolute atomic E-state index is 0.224. The van der Waals surface area contributed by atoms with E-state index in [4.69, 9.17) is 16.7 Å². The van der Waals surface area contributed by atoms with Crippen LogP contribution in [0.5, 0.6) is 0 Å². The second-order valence-electron chi connectivity index (χ2n) is 4.45. The summed E-state index contributed by atoms with van der Waals surface area (Å²) in [5.74, 6) is -0.733. The zero-order chi connectivity index (χ0) is 13.5. The second-order valence-corrected chi connectivity index (χ2v) is 4.89. The van der Waals surface area contributed by atoms with Crippen molar-refractivity contribution < 1.29 is 9.90 Å². The highest BCUT2D eigenvalue weighted by atomic mass is 35.5. The monoisotopic (exact) mass is 269 g/mol. The lowest BCUT2D eigenvalue weighted by atomic mass is 10.0. The second kappa shape index (κ2) is 7.39. The van der Waals surface area contributed by atoms with Gasteiger partial charge in [-0.25, -0.2) is 0 Å². The molecule has 0 heterocycles. The molecule has 18 heavy (non-hydrogen) atoms. The van der Waals surface area contributed by atoms with Crippen LogP contribution in [0.4, 0.5) is 0 Å². The summed E-state index contributed by atoms with van der Waals surface area (Å²) in [6, 6.07) is 8.17. The Morgan fingerprint density at radius 2 is 2.00 bits per heavy atom. The maximum Gasteiger partial charge on any atom is 0.303 e. The van der Waals surface area contributed by atoms with Crippen LogP contribution in [0.25, 0.3) is 0 Å². The van der Waals surface area contributed by atoms with Gasteiger partial charge in [0.2, 0.25) is 0 Å². The number of rotatable bonds is 7. The Hall–Kier alpha value is -1.06. The van der Waals surface area contributed by atoms with Crippen molar-refractivity contribution in [1.82, 2.24) is 4.90 Å². The van der Waals surface area contributed by atoms with E-state index < -0.39 is 5.97 Å². The molecule has 0 aliphatic rings. The van der Waals surface area contributed by atoms with Crippen LogP contribution in [-0.2, 0) is 4.79 Å². The van der Waals surface area contributed by atoms with Crippen molar-refractivity contribution in [3.8, 4) is 0 Å². The first-order chi connectivity index (χ1) is 8.54. The summed E-state index contributed by atoms with van der Waals surface area (Å²) in [6.07, 6.45) is 1.89. The fourth-order valence-corrected chi connectivity index (χ4v) is 2.25. The maximum atomic E-state index is 10.5. The number of nitrogens with zero attached hydrogens (tertiary/aromatic N) is 1. The predicted octanol–water partition coefficient (Wildman–Crippen LogP) is 3.59. The summed E-state index contributed by atoms with van der Waals surface area (Å²) < 4.78 is 0. The van der Waals surface area contributed by atoms with Crippen LogP contribution < -0.4 is 0 Å². The Morgan fingerprint density at radius 1 is 1.39 bits per heavy atom. The molecule has 1 aromatic rings. The van der Waals surface area contributed by atoms with E-state index in [0.717, 1.165) is 18.0 Å². The Bertz CT molecular complexity index is 378. The van der Waals surface area contributed by atoms with Crippen molar-refractivity contribution in [3.63, 3.8) is 0 Å². The van der Waals surface area contributed by atoms with Gasteiger partial charge >= 0.3 is 5.97 Å². The van der Waals surface area contributed by atoms with Crippen LogP contribution in [0.1, 0.15) is 37.8 Å². The lowest BCUT2D eigenvalue weighted by Gasteiger charge is -2.27. The van der Waals surface area contributed by atoms with Crippen molar-refractivity contribution >= 4 is 17.6 Å². The van der Waals surface area contributed by atoms with E-state index >= 15 is 0 Å². The molecular weight excluding hydrogens is 250 g/mol. The molecule has 0 amide bonds. The molecule has 0 radical (unpaired) electrons. The fourth-order valence-electron chi connectivity index (χ4n) is 2.12. The SMILES string of the molecule is CCC(c1ccc(Cl)cc1)N(C)CCCC(=O)O. The van der Waals surface area contributed by atoms with Crippen molar-refractivity contribution in [2.45, 2.75) is 32.2 Å². The summed E-state index contributed by atoms with van der Waals surface area (Å²) in [4.78, 5) is 12.7. The van der Waals surface area contributed by atoms with Gasteiger partial charge in [0.1, 0.15) is 0 Å². The lowest BCUT2D eigenvalue weighted by molar-refractivity contribution is -0.137. The standard InChI is InChI=1S/C14H20ClNO2/c1-3-13(11-6-8-12(15)9-7-11)16(2)10-4-5-14(17)18/h6-9,13H,3-5,10H2,1-2H3,(H,17,18). The molecule has 0 spiro atoms. The van der Waals surface area contributed by atoms with Crippen LogP contribution in [0.15, 0.2) is 24.3 Å². The molecule has 1 rings (SSSR count). The minimum Gasteiger partial charge on any atom is -0.481 e. The van der Waals surface area contributed by atoms with E-state index in [0.29, 0.717) is 12.5 Å². The number of hydrogen-bond acceptors (Lipinski definition) is 2. The van der Waals surface area contributed by atoms with Crippen LogP contribution in [-0.4, -0.2) is 29.6 Å². The van der Waals surface area contributed by atoms with Gasteiger partial charge in [0, 0.05) is 17.5 Å². The predicted molar refractivity (Wildman–Crippen MR) is 74.0 cm³/mol. The van der Waals surface area contributed by atoms with E-state index in [2.05, 4.69) is 11.8 Å². The summed E-state index contributed by atoms with van der Waals surface area (Å²) in [7, 11) is 2.03. The number of halogens is 1. The molecule has 100 valence electrons. The van der Waals surface area contributed by atoms with E-state index in [9.17, 15) is 4.79 Å². The summed E-state index contributed by atoms with van der Waals surface area (Å²) >= 11 is 5.88. The van der Waals surface area contributed by atoms with Crippen molar-refractivity contribution in [2.24, 2.45) is 0 Å². The topological polar surface area (TPSA) is 40.5 Å². The zero-order valence-electron chi connectivity index (χ0n) is 10.9. The Kier molecular flexibility index (Phi) is 6.16. The molecular formula is C14H20ClNO2. The number of carboxylic acid groups (broad SMARTS) is 1. The van der Waals surface area contributed by atoms with Crippen LogP contribution >= 0.6 is 11.6 Å². The Morgan fingerprint density at radius 3 is 2.50 bits per heavy atom. The number of carbonyl (C=O) groups is 1. The van der Waals surface area contributed by atoms with E-state index in [1.54, 1.807) is 0 Å². The van der Waals surface area contributed by atoms with Crippen LogP contribution in [0, 0.1) is 0 Å². The van der Waals surface area contributed by atoms with E-state index in [1.165, 1.54) is 5.56 Å². The Labute approximate surface area is 113 Å². The largest absolute Gasteiger partial charge is 0.481 e. The van der Waals surface area contributed by atoms with Crippen LogP contribution in [0.2, 0.25) is 5.02 Å². The molecule has 1 N–H and O–H groups in total. The third-order valence-corrected chi connectivity index (χ3v) is 3.33. The molecule has 0 fully saturated rings. The van der Waals surface area contributed by atoms with Gasteiger partial charge in [0.15, 0.2) is 0 Å². The molecule has 4 heteroatoms.